The van der Waals surface area contributed by atoms with Crippen LogP contribution in [0.4, 0.5) is 4.79 Å². The van der Waals surface area contributed by atoms with Crippen LogP contribution in [0.2, 0.25) is 5.02 Å². The number of hydrogen-bond acceptors (Lipinski definition) is 4. The van der Waals surface area contributed by atoms with Crippen molar-refractivity contribution in [2.24, 2.45) is 11.8 Å². The number of carbonyl (C=O) groups excluding carboxylic acids is 1. The van der Waals surface area contributed by atoms with E-state index in [1.807, 2.05) is 25.1 Å². The number of rotatable bonds is 6. The Morgan fingerprint density at radius 3 is 3.04 bits per heavy atom. The number of hydrogen-bond donors (Lipinski definition) is 3. The van der Waals surface area contributed by atoms with Crippen LogP contribution in [0.1, 0.15) is 16.9 Å². The van der Waals surface area contributed by atoms with Gasteiger partial charge in [0, 0.05) is 46.9 Å². The lowest BCUT2D eigenvalue weighted by Gasteiger charge is -2.20. The highest BCUT2D eigenvalue weighted by Crippen LogP contribution is 2.32. The average Bonchev–Trinajstić information content (AvgIpc) is 3.23. The van der Waals surface area contributed by atoms with Gasteiger partial charge in [0.15, 0.2) is 0 Å². The molecule has 0 aliphatic carbocycles. The van der Waals surface area contributed by atoms with Crippen LogP contribution in [0.3, 0.4) is 0 Å². The van der Waals surface area contributed by atoms with Gasteiger partial charge in [-0.2, -0.15) is 0 Å². The number of fused-ring (bicyclic) bond motifs is 1. The number of benzene rings is 1. The highest BCUT2D eigenvalue weighted by atomic mass is 35.5. The maximum absolute atomic E-state index is 12.1. The van der Waals surface area contributed by atoms with Crippen LogP contribution < -0.4 is 10.6 Å². The molecule has 3 rings (SSSR count). The number of urea groups is 1. The summed E-state index contributed by atoms with van der Waals surface area (Å²) in [6.07, 6.45) is 0.943. The van der Waals surface area contributed by atoms with E-state index >= 15 is 0 Å². The molecule has 136 valence electrons. The van der Waals surface area contributed by atoms with Crippen molar-refractivity contribution in [2.45, 2.75) is 19.9 Å². The molecule has 1 aliphatic rings. The lowest BCUT2D eigenvalue weighted by atomic mass is 9.92. The van der Waals surface area contributed by atoms with Crippen LogP contribution in [0.25, 0.3) is 10.1 Å². The third kappa shape index (κ3) is 4.44. The summed E-state index contributed by atoms with van der Waals surface area (Å²) in [5.41, 5.74) is 1.15. The van der Waals surface area contributed by atoms with E-state index in [-0.39, 0.29) is 18.6 Å². The number of halogens is 1. The van der Waals surface area contributed by atoms with Crippen LogP contribution in [0.15, 0.2) is 18.2 Å². The smallest absolute Gasteiger partial charge is 0.315 e. The molecule has 0 bridgehead atoms. The Morgan fingerprint density at radius 2 is 2.32 bits per heavy atom. The standard InChI is InChI=1S/C18H23ClN2O3S/c1-11-15-6-14(19)2-3-16(15)25-17(11)8-21-18(23)20-7-13(9-22)12-4-5-24-10-12/h2-3,6,12-13,22H,4-5,7-10H2,1H3,(H2,20,21,23). The van der Waals surface area contributed by atoms with E-state index in [1.165, 1.54) is 4.70 Å². The molecule has 7 heteroatoms. The fraction of sp³-hybridized carbons (Fsp3) is 0.500. The maximum atomic E-state index is 12.1. The van der Waals surface area contributed by atoms with Gasteiger partial charge in [0.1, 0.15) is 0 Å². The number of aryl methyl sites for hydroxylation is 1. The molecule has 5 nitrogen and oxygen atoms in total. The molecular weight excluding hydrogens is 360 g/mol. The SMILES string of the molecule is Cc1c(CNC(=O)NCC(CO)C2CCOC2)sc2ccc(Cl)cc12. The Kier molecular flexibility index (Phi) is 6.17. The third-order valence-electron chi connectivity index (χ3n) is 4.80. The van der Waals surface area contributed by atoms with E-state index < -0.39 is 0 Å². The first-order chi connectivity index (χ1) is 12.1. The predicted octanol–water partition coefficient (Wildman–Crippen LogP) is 3.31. The number of aliphatic hydroxyl groups excluding tert-OH is 1. The zero-order valence-electron chi connectivity index (χ0n) is 14.2. The van der Waals surface area contributed by atoms with Crippen LogP contribution in [0, 0.1) is 18.8 Å². The van der Waals surface area contributed by atoms with Gasteiger partial charge in [-0.15, -0.1) is 11.3 Å². The number of amides is 2. The van der Waals surface area contributed by atoms with Crippen LogP contribution in [-0.2, 0) is 11.3 Å². The Labute approximate surface area is 156 Å². The summed E-state index contributed by atoms with van der Waals surface area (Å²) < 4.78 is 6.52. The molecule has 2 amide bonds. The van der Waals surface area contributed by atoms with Crippen molar-refractivity contribution in [2.75, 3.05) is 26.4 Å². The van der Waals surface area contributed by atoms with Crippen LogP contribution in [0.5, 0.6) is 0 Å². The highest BCUT2D eigenvalue weighted by Gasteiger charge is 2.25. The Bertz CT molecular complexity index is 743. The van der Waals surface area contributed by atoms with Crippen molar-refractivity contribution in [3.8, 4) is 0 Å². The number of aliphatic hydroxyl groups is 1. The number of carbonyl (C=O) groups is 1. The summed E-state index contributed by atoms with van der Waals surface area (Å²) >= 11 is 7.73. The zero-order valence-corrected chi connectivity index (χ0v) is 15.8. The predicted molar refractivity (Wildman–Crippen MR) is 101 cm³/mol. The van der Waals surface area contributed by atoms with Crippen molar-refractivity contribution in [1.82, 2.24) is 10.6 Å². The topological polar surface area (TPSA) is 70.6 Å². The van der Waals surface area contributed by atoms with E-state index in [0.29, 0.717) is 25.6 Å². The molecule has 0 spiro atoms. The van der Waals surface area contributed by atoms with Gasteiger partial charge in [0.05, 0.1) is 6.54 Å². The third-order valence-corrected chi connectivity index (χ3v) is 6.31. The van der Waals surface area contributed by atoms with E-state index in [1.54, 1.807) is 11.3 Å². The van der Waals surface area contributed by atoms with E-state index in [4.69, 9.17) is 16.3 Å². The summed E-state index contributed by atoms with van der Waals surface area (Å²) in [6.45, 7) is 4.44. The van der Waals surface area contributed by atoms with Gasteiger partial charge in [0.2, 0.25) is 0 Å². The molecule has 2 unspecified atom stereocenters. The quantitative estimate of drug-likeness (QED) is 0.717. The van der Waals surface area contributed by atoms with E-state index in [0.717, 1.165) is 33.9 Å². The molecular formula is C18H23ClN2O3S. The fourth-order valence-corrected chi connectivity index (χ4v) is 4.47. The number of thiophene rings is 1. The molecule has 1 saturated heterocycles. The second-order valence-electron chi connectivity index (χ2n) is 6.42. The van der Waals surface area contributed by atoms with Gasteiger partial charge in [-0.3, -0.25) is 0 Å². The van der Waals surface area contributed by atoms with Crippen LogP contribution >= 0.6 is 22.9 Å². The summed E-state index contributed by atoms with van der Waals surface area (Å²) in [4.78, 5) is 13.2. The molecule has 0 saturated carbocycles. The summed E-state index contributed by atoms with van der Waals surface area (Å²) in [6, 6.07) is 5.63. The van der Waals surface area contributed by atoms with Gasteiger partial charge >= 0.3 is 6.03 Å². The van der Waals surface area contributed by atoms with Gasteiger partial charge < -0.3 is 20.5 Å². The molecule has 1 aliphatic heterocycles. The minimum atomic E-state index is -0.216. The molecule has 1 aromatic carbocycles. The Balaban J connectivity index is 1.52. The minimum Gasteiger partial charge on any atom is -0.396 e. The second kappa shape index (κ2) is 8.36. The first kappa shape index (κ1) is 18.5. The summed E-state index contributed by atoms with van der Waals surface area (Å²) in [5.74, 6) is 0.362. The maximum Gasteiger partial charge on any atom is 0.315 e. The molecule has 25 heavy (non-hydrogen) atoms. The van der Waals surface area contributed by atoms with Crippen molar-refractivity contribution in [3.05, 3.63) is 33.7 Å². The highest BCUT2D eigenvalue weighted by molar-refractivity contribution is 7.19. The molecule has 3 N–H and O–H groups in total. The van der Waals surface area contributed by atoms with Crippen LogP contribution in [-0.4, -0.2) is 37.5 Å². The van der Waals surface area contributed by atoms with Crippen molar-refractivity contribution < 1.29 is 14.6 Å². The monoisotopic (exact) mass is 382 g/mol. The number of nitrogens with one attached hydrogen (secondary N) is 2. The Hall–Kier alpha value is -1.34. The Morgan fingerprint density at radius 1 is 1.48 bits per heavy atom. The average molecular weight is 383 g/mol. The molecule has 0 radical (unpaired) electrons. The van der Waals surface area contributed by atoms with Crippen molar-refractivity contribution in [1.29, 1.82) is 0 Å². The molecule has 2 atom stereocenters. The lowest BCUT2D eigenvalue weighted by Crippen LogP contribution is -2.40. The molecule has 1 fully saturated rings. The first-order valence-electron chi connectivity index (χ1n) is 8.46. The number of ether oxygens (including phenoxy) is 1. The van der Waals surface area contributed by atoms with E-state index in [2.05, 4.69) is 10.6 Å². The fourth-order valence-electron chi connectivity index (χ4n) is 3.16. The van der Waals surface area contributed by atoms with Gasteiger partial charge in [-0.25, -0.2) is 4.79 Å². The van der Waals surface area contributed by atoms with E-state index in [9.17, 15) is 9.90 Å². The normalized spacial score (nSPS) is 18.4. The minimum absolute atomic E-state index is 0.0430. The summed E-state index contributed by atoms with van der Waals surface area (Å²) in [5, 5.41) is 17.1. The zero-order chi connectivity index (χ0) is 17.8. The van der Waals surface area contributed by atoms with Crippen molar-refractivity contribution in [3.63, 3.8) is 0 Å². The lowest BCUT2D eigenvalue weighted by molar-refractivity contribution is 0.138. The van der Waals surface area contributed by atoms with Gasteiger partial charge in [-0.1, -0.05) is 11.6 Å². The van der Waals surface area contributed by atoms with Crippen molar-refractivity contribution >= 4 is 39.1 Å². The summed E-state index contributed by atoms with van der Waals surface area (Å²) in [7, 11) is 0. The second-order valence-corrected chi connectivity index (χ2v) is 7.99. The first-order valence-corrected chi connectivity index (χ1v) is 9.65. The molecule has 2 heterocycles. The van der Waals surface area contributed by atoms with Gasteiger partial charge in [-0.05, 0) is 48.4 Å². The largest absolute Gasteiger partial charge is 0.396 e. The molecule has 2 aromatic rings. The molecule has 1 aromatic heterocycles. The van der Waals surface area contributed by atoms with Gasteiger partial charge in [0.25, 0.3) is 0 Å².